The number of carbonyl (C=O) groups is 1. The smallest absolute Gasteiger partial charge is 0.255 e. The van der Waals surface area contributed by atoms with Gasteiger partial charge in [-0.3, -0.25) is 4.79 Å². The normalized spacial score (nSPS) is 17.6. The van der Waals surface area contributed by atoms with E-state index in [4.69, 9.17) is 9.47 Å². The van der Waals surface area contributed by atoms with Crippen molar-refractivity contribution in [1.82, 2.24) is 4.31 Å². The molecule has 0 aromatic heterocycles. The van der Waals surface area contributed by atoms with Crippen LogP contribution in [0.2, 0.25) is 0 Å². The van der Waals surface area contributed by atoms with E-state index in [9.17, 15) is 13.2 Å². The van der Waals surface area contributed by atoms with Crippen LogP contribution in [0.3, 0.4) is 0 Å². The largest absolute Gasteiger partial charge is 0.493 e. The minimum atomic E-state index is -3.52. The minimum absolute atomic E-state index is 0.232. The lowest BCUT2D eigenvalue weighted by Gasteiger charge is -2.30. The average Bonchev–Trinajstić information content (AvgIpc) is 2.73. The van der Waals surface area contributed by atoms with Gasteiger partial charge in [-0.15, -0.1) is 0 Å². The van der Waals surface area contributed by atoms with Gasteiger partial charge in [0.2, 0.25) is 10.0 Å². The zero-order chi connectivity index (χ0) is 21.0. The molecule has 0 radical (unpaired) electrons. The van der Waals surface area contributed by atoms with Gasteiger partial charge < -0.3 is 14.8 Å². The number of anilines is 1. The first-order chi connectivity index (χ1) is 13.8. The number of methoxy groups -OCH3 is 2. The number of benzene rings is 2. The molecule has 1 N–H and O–H groups in total. The second kappa shape index (κ2) is 8.84. The Balaban J connectivity index is 1.73. The molecule has 0 spiro atoms. The highest BCUT2D eigenvalue weighted by Gasteiger charge is 2.28. The predicted molar refractivity (Wildman–Crippen MR) is 111 cm³/mol. The number of nitrogens with zero attached hydrogens (tertiary/aromatic N) is 1. The Bertz CT molecular complexity index is 973. The average molecular weight is 419 g/mol. The summed E-state index contributed by atoms with van der Waals surface area (Å²) >= 11 is 0. The Hall–Kier alpha value is -2.58. The van der Waals surface area contributed by atoms with E-state index in [0.717, 1.165) is 12.8 Å². The lowest BCUT2D eigenvalue weighted by atomic mass is 10.0. The van der Waals surface area contributed by atoms with Crippen molar-refractivity contribution in [2.24, 2.45) is 5.92 Å². The Labute approximate surface area is 171 Å². The van der Waals surface area contributed by atoms with Crippen LogP contribution in [0.15, 0.2) is 47.4 Å². The van der Waals surface area contributed by atoms with Crippen molar-refractivity contribution in [1.29, 1.82) is 0 Å². The summed E-state index contributed by atoms with van der Waals surface area (Å²) in [6, 6.07) is 11.1. The molecule has 1 saturated heterocycles. The van der Waals surface area contributed by atoms with Gasteiger partial charge in [0.1, 0.15) is 0 Å². The van der Waals surface area contributed by atoms with Gasteiger partial charge in [-0.05, 0) is 61.2 Å². The van der Waals surface area contributed by atoms with Gasteiger partial charge in [0, 0.05) is 24.3 Å². The van der Waals surface area contributed by atoms with Crippen LogP contribution in [-0.2, 0) is 10.0 Å². The first-order valence-electron chi connectivity index (χ1n) is 9.48. The third kappa shape index (κ3) is 4.71. The number of ether oxygens (including phenoxy) is 2. The molecule has 7 nitrogen and oxygen atoms in total. The number of hydrogen-bond donors (Lipinski definition) is 1. The highest BCUT2D eigenvalue weighted by Crippen LogP contribution is 2.28. The van der Waals surface area contributed by atoms with Crippen LogP contribution < -0.4 is 14.8 Å². The van der Waals surface area contributed by atoms with Crippen molar-refractivity contribution in [2.75, 3.05) is 32.6 Å². The van der Waals surface area contributed by atoms with E-state index in [2.05, 4.69) is 12.2 Å². The summed E-state index contributed by atoms with van der Waals surface area (Å²) in [5.41, 5.74) is 0.914. The molecule has 1 unspecified atom stereocenters. The van der Waals surface area contributed by atoms with Gasteiger partial charge in [-0.1, -0.05) is 6.92 Å². The molecule has 2 aromatic rings. The van der Waals surface area contributed by atoms with Crippen LogP contribution in [0, 0.1) is 5.92 Å². The minimum Gasteiger partial charge on any atom is -0.493 e. The van der Waals surface area contributed by atoms with E-state index in [1.54, 1.807) is 34.6 Å². The van der Waals surface area contributed by atoms with E-state index in [1.165, 1.54) is 26.4 Å². The summed E-state index contributed by atoms with van der Waals surface area (Å²) in [6.07, 6.45) is 1.92. The molecule has 1 amide bonds. The maximum atomic E-state index is 12.8. The molecule has 1 aliphatic heterocycles. The van der Waals surface area contributed by atoms with Crippen molar-refractivity contribution in [3.63, 3.8) is 0 Å². The Kier molecular flexibility index (Phi) is 6.44. The standard InChI is InChI=1S/C21H26N2O5S/c1-15-5-4-12-23(14-15)29(25,26)18-9-7-17(8-10-18)22-21(24)16-6-11-19(27-2)20(13-16)28-3/h6-11,13,15H,4-5,12,14H2,1-3H3,(H,22,24). The molecule has 0 bridgehead atoms. The molecule has 8 heteroatoms. The quantitative estimate of drug-likeness (QED) is 0.777. The molecule has 3 rings (SSSR count). The second-order valence-electron chi connectivity index (χ2n) is 7.16. The number of rotatable bonds is 6. The molecule has 1 aliphatic rings. The second-order valence-corrected chi connectivity index (χ2v) is 9.10. The van der Waals surface area contributed by atoms with Gasteiger partial charge in [0.05, 0.1) is 19.1 Å². The summed E-state index contributed by atoms with van der Waals surface area (Å²) in [7, 11) is -0.492. The van der Waals surface area contributed by atoms with Crippen molar-refractivity contribution < 1.29 is 22.7 Å². The fourth-order valence-electron chi connectivity index (χ4n) is 3.40. The molecule has 0 aliphatic carbocycles. The number of nitrogens with one attached hydrogen (secondary N) is 1. The summed E-state index contributed by atoms with van der Waals surface area (Å²) in [5, 5.41) is 2.77. The summed E-state index contributed by atoms with van der Waals surface area (Å²) in [6.45, 7) is 3.15. The highest BCUT2D eigenvalue weighted by molar-refractivity contribution is 7.89. The molecule has 156 valence electrons. The van der Waals surface area contributed by atoms with Gasteiger partial charge in [0.15, 0.2) is 11.5 Å². The SMILES string of the molecule is COc1ccc(C(=O)Nc2ccc(S(=O)(=O)N3CCCC(C)C3)cc2)cc1OC. The van der Waals surface area contributed by atoms with E-state index in [1.807, 2.05) is 0 Å². The third-order valence-electron chi connectivity index (χ3n) is 5.02. The van der Waals surface area contributed by atoms with E-state index in [0.29, 0.717) is 41.8 Å². The molecule has 1 fully saturated rings. The summed E-state index contributed by atoms with van der Waals surface area (Å²) in [4.78, 5) is 12.7. The van der Waals surface area contributed by atoms with Crippen LogP contribution in [0.5, 0.6) is 11.5 Å². The molecule has 1 atom stereocenters. The lowest BCUT2D eigenvalue weighted by molar-refractivity contribution is 0.102. The van der Waals surface area contributed by atoms with Crippen molar-refractivity contribution in [3.8, 4) is 11.5 Å². The van der Waals surface area contributed by atoms with Crippen molar-refractivity contribution >= 4 is 21.6 Å². The van der Waals surface area contributed by atoms with E-state index >= 15 is 0 Å². The van der Waals surface area contributed by atoms with Crippen molar-refractivity contribution in [2.45, 2.75) is 24.7 Å². The summed E-state index contributed by atoms with van der Waals surface area (Å²) < 4.78 is 37.6. The molecule has 29 heavy (non-hydrogen) atoms. The Morgan fingerprint density at radius 2 is 1.76 bits per heavy atom. The van der Waals surface area contributed by atoms with Crippen LogP contribution in [0.4, 0.5) is 5.69 Å². The molecular formula is C21H26N2O5S. The van der Waals surface area contributed by atoms with Crippen molar-refractivity contribution in [3.05, 3.63) is 48.0 Å². The van der Waals surface area contributed by atoms with Crippen LogP contribution in [-0.4, -0.2) is 45.9 Å². The Morgan fingerprint density at radius 1 is 1.07 bits per heavy atom. The number of carbonyl (C=O) groups excluding carboxylic acids is 1. The van der Waals surface area contributed by atoms with Gasteiger partial charge in [0.25, 0.3) is 5.91 Å². The van der Waals surface area contributed by atoms with E-state index in [-0.39, 0.29) is 10.8 Å². The molecule has 0 saturated carbocycles. The maximum Gasteiger partial charge on any atom is 0.255 e. The molecular weight excluding hydrogens is 392 g/mol. The topological polar surface area (TPSA) is 84.9 Å². The Morgan fingerprint density at radius 3 is 2.38 bits per heavy atom. The lowest BCUT2D eigenvalue weighted by Crippen LogP contribution is -2.39. The van der Waals surface area contributed by atoms with Crippen LogP contribution in [0.25, 0.3) is 0 Å². The first kappa shape index (κ1) is 21.1. The zero-order valence-electron chi connectivity index (χ0n) is 16.8. The predicted octanol–water partition coefficient (Wildman–Crippen LogP) is 3.38. The summed E-state index contributed by atoms with van der Waals surface area (Å²) in [5.74, 6) is 1.02. The number of piperidine rings is 1. The van der Waals surface area contributed by atoms with Gasteiger partial charge in [-0.25, -0.2) is 8.42 Å². The fraction of sp³-hybridized carbons (Fsp3) is 0.381. The molecule has 2 aromatic carbocycles. The van der Waals surface area contributed by atoms with Gasteiger partial charge >= 0.3 is 0 Å². The number of amides is 1. The molecule has 1 heterocycles. The van der Waals surface area contributed by atoms with Crippen LogP contribution >= 0.6 is 0 Å². The highest BCUT2D eigenvalue weighted by atomic mass is 32.2. The first-order valence-corrected chi connectivity index (χ1v) is 10.9. The number of hydrogen-bond acceptors (Lipinski definition) is 5. The van der Waals surface area contributed by atoms with Crippen LogP contribution in [0.1, 0.15) is 30.1 Å². The monoisotopic (exact) mass is 418 g/mol. The zero-order valence-corrected chi connectivity index (χ0v) is 17.7. The fourth-order valence-corrected chi connectivity index (χ4v) is 5.00. The van der Waals surface area contributed by atoms with E-state index < -0.39 is 10.0 Å². The maximum absolute atomic E-state index is 12.8. The number of sulfonamides is 1. The van der Waals surface area contributed by atoms with Gasteiger partial charge in [-0.2, -0.15) is 4.31 Å². The third-order valence-corrected chi connectivity index (χ3v) is 6.89.